The zero-order valence-corrected chi connectivity index (χ0v) is 9.92. The SMILES string of the molecule is CON(CCN)Cc1ccc(Cl)c(C)c1. The van der Waals surface area contributed by atoms with E-state index in [1.54, 1.807) is 7.11 Å². The normalized spacial score (nSPS) is 11.0. The van der Waals surface area contributed by atoms with Crippen molar-refractivity contribution in [3.63, 3.8) is 0 Å². The molecule has 0 atom stereocenters. The average Bonchev–Trinajstić information content (AvgIpc) is 2.23. The van der Waals surface area contributed by atoms with Crippen LogP contribution in [-0.2, 0) is 11.4 Å². The predicted molar refractivity (Wildman–Crippen MR) is 62.7 cm³/mol. The number of aryl methyl sites for hydroxylation is 1. The second-order valence-electron chi connectivity index (χ2n) is 3.42. The summed E-state index contributed by atoms with van der Waals surface area (Å²) in [5.41, 5.74) is 7.72. The molecule has 0 saturated heterocycles. The van der Waals surface area contributed by atoms with E-state index in [2.05, 4.69) is 6.07 Å². The molecule has 3 nitrogen and oxygen atoms in total. The highest BCUT2D eigenvalue weighted by molar-refractivity contribution is 6.31. The topological polar surface area (TPSA) is 38.5 Å². The third kappa shape index (κ3) is 3.80. The quantitative estimate of drug-likeness (QED) is 0.784. The maximum absolute atomic E-state index is 5.95. The molecule has 15 heavy (non-hydrogen) atoms. The maximum atomic E-state index is 5.95. The molecule has 0 aliphatic carbocycles. The van der Waals surface area contributed by atoms with Gasteiger partial charge in [-0.25, -0.2) is 0 Å². The van der Waals surface area contributed by atoms with E-state index in [1.807, 2.05) is 24.1 Å². The van der Waals surface area contributed by atoms with Gasteiger partial charge in [-0.1, -0.05) is 23.7 Å². The van der Waals surface area contributed by atoms with Crippen LogP contribution in [0, 0.1) is 6.92 Å². The molecule has 1 aromatic rings. The van der Waals surface area contributed by atoms with Crippen molar-refractivity contribution in [3.8, 4) is 0 Å². The number of halogens is 1. The fourth-order valence-corrected chi connectivity index (χ4v) is 1.51. The molecule has 0 saturated carbocycles. The van der Waals surface area contributed by atoms with E-state index >= 15 is 0 Å². The van der Waals surface area contributed by atoms with Crippen molar-refractivity contribution in [1.82, 2.24) is 5.06 Å². The lowest BCUT2D eigenvalue weighted by Gasteiger charge is -2.18. The summed E-state index contributed by atoms with van der Waals surface area (Å²) in [6, 6.07) is 5.96. The van der Waals surface area contributed by atoms with Crippen LogP contribution in [0.3, 0.4) is 0 Å². The molecule has 0 fully saturated rings. The van der Waals surface area contributed by atoms with Crippen LogP contribution in [0.2, 0.25) is 5.02 Å². The Labute approximate surface area is 95.7 Å². The summed E-state index contributed by atoms with van der Waals surface area (Å²) in [5.74, 6) is 0. The lowest BCUT2D eigenvalue weighted by Crippen LogP contribution is -2.28. The molecule has 1 rings (SSSR count). The first-order valence-corrected chi connectivity index (χ1v) is 5.29. The van der Waals surface area contributed by atoms with Crippen LogP contribution in [0.4, 0.5) is 0 Å². The minimum absolute atomic E-state index is 0.584. The van der Waals surface area contributed by atoms with E-state index in [4.69, 9.17) is 22.2 Å². The van der Waals surface area contributed by atoms with Crippen LogP contribution < -0.4 is 5.73 Å². The zero-order valence-electron chi connectivity index (χ0n) is 9.16. The molecule has 2 N–H and O–H groups in total. The number of nitrogens with zero attached hydrogens (tertiary/aromatic N) is 1. The predicted octanol–water partition coefficient (Wildman–Crippen LogP) is 1.97. The van der Waals surface area contributed by atoms with Gasteiger partial charge in [0.15, 0.2) is 0 Å². The van der Waals surface area contributed by atoms with Crippen LogP contribution in [-0.4, -0.2) is 25.3 Å². The Balaban J connectivity index is 2.66. The van der Waals surface area contributed by atoms with Crippen molar-refractivity contribution < 1.29 is 4.84 Å². The van der Waals surface area contributed by atoms with E-state index in [0.717, 1.165) is 23.7 Å². The molecule has 0 bridgehead atoms. The second kappa shape index (κ2) is 6.08. The standard InChI is InChI=1S/C11H17ClN2O/c1-9-7-10(3-4-11(9)12)8-14(15-2)6-5-13/h3-4,7H,5-6,8,13H2,1-2H3. The zero-order chi connectivity index (χ0) is 11.3. The van der Waals surface area contributed by atoms with Gasteiger partial charge in [0.1, 0.15) is 0 Å². The largest absolute Gasteiger partial charge is 0.329 e. The molecule has 0 aromatic heterocycles. The summed E-state index contributed by atoms with van der Waals surface area (Å²) >= 11 is 5.95. The van der Waals surface area contributed by atoms with E-state index in [-0.39, 0.29) is 0 Å². The summed E-state index contributed by atoms with van der Waals surface area (Å²) < 4.78 is 0. The fraction of sp³-hybridized carbons (Fsp3) is 0.455. The van der Waals surface area contributed by atoms with Crippen molar-refractivity contribution in [2.75, 3.05) is 20.2 Å². The minimum atomic E-state index is 0.584. The van der Waals surface area contributed by atoms with Gasteiger partial charge >= 0.3 is 0 Å². The van der Waals surface area contributed by atoms with Crippen molar-refractivity contribution in [2.24, 2.45) is 5.73 Å². The highest BCUT2D eigenvalue weighted by atomic mass is 35.5. The van der Waals surface area contributed by atoms with Gasteiger partial charge in [0.05, 0.1) is 7.11 Å². The fourth-order valence-electron chi connectivity index (χ4n) is 1.39. The van der Waals surface area contributed by atoms with Gasteiger partial charge in [0, 0.05) is 24.7 Å². The number of benzene rings is 1. The second-order valence-corrected chi connectivity index (χ2v) is 3.83. The Morgan fingerprint density at radius 3 is 2.73 bits per heavy atom. The summed E-state index contributed by atoms with van der Waals surface area (Å²) in [5, 5.41) is 2.62. The third-order valence-electron chi connectivity index (χ3n) is 2.22. The Morgan fingerprint density at radius 2 is 2.20 bits per heavy atom. The number of hydroxylamine groups is 2. The lowest BCUT2D eigenvalue weighted by atomic mass is 10.1. The molecule has 0 radical (unpaired) electrons. The van der Waals surface area contributed by atoms with E-state index in [0.29, 0.717) is 6.54 Å². The highest BCUT2D eigenvalue weighted by Crippen LogP contribution is 2.17. The van der Waals surface area contributed by atoms with Crippen molar-refractivity contribution in [1.29, 1.82) is 0 Å². The summed E-state index contributed by atoms with van der Waals surface area (Å²) in [7, 11) is 1.65. The third-order valence-corrected chi connectivity index (χ3v) is 2.64. The molecule has 0 spiro atoms. The van der Waals surface area contributed by atoms with Gasteiger partial charge in [-0.3, -0.25) is 0 Å². The minimum Gasteiger partial charge on any atom is -0.329 e. The molecular formula is C11H17ClN2O. The molecule has 4 heteroatoms. The maximum Gasteiger partial charge on any atom is 0.0575 e. The van der Waals surface area contributed by atoms with Gasteiger partial charge in [0.2, 0.25) is 0 Å². The van der Waals surface area contributed by atoms with E-state index < -0.39 is 0 Å². The van der Waals surface area contributed by atoms with E-state index in [1.165, 1.54) is 5.56 Å². The Morgan fingerprint density at radius 1 is 1.47 bits per heavy atom. The van der Waals surface area contributed by atoms with Crippen LogP contribution in [0.5, 0.6) is 0 Å². The first kappa shape index (κ1) is 12.5. The van der Waals surface area contributed by atoms with Gasteiger partial charge < -0.3 is 10.6 Å². The van der Waals surface area contributed by atoms with Gasteiger partial charge in [0.25, 0.3) is 0 Å². The first-order valence-electron chi connectivity index (χ1n) is 4.91. The Bertz CT molecular complexity index is 317. The summed E-state index contributed by atoms with van der Waals surface area (Å²) in [6.07, 6.45) is 0. The number of hydrogen-bond acceptors (Lipinski definition) is 3. The Kier molecular flexibility index (Phi) is 5.05. The van der Waals surface area contributed by atoms with Crippen LogP contribution in [0.1, 0.15) is 11.1 Å². The average molecular weight is 229 g/mol. The molecule has 0 amide bonds. The van der Waals surface area contributed by atoms with Crippen molar-refractivity contribution in [3.05, 3.63) is 34.3 Å². The van der Waals surface area contributed by atoms with Crippen LogP contribution in [0.25, 0.3) is 0 Å². The monoisotopic (exact) mass is 228 g/mol. The van der Waals surface area contributed by atoms with Crippen LogP contribution in [0.15, 0.2) is 18.2 Å². The summed E-state index contributed by atoms with van der Waals surface area (Å²) in [6.45, 7) is 4.02. The van der Waals surface area contributed by atoms with Gasteiger partial charge in [-0.15, -0.1) is 0 Å². The molecule has 0 aliphatic heterocycles. The van der Waals surface area contributed by atoms with Crippen LogP contribution >= 0.6 is 11.6 Å². The number of rotatable bonds is 5. The number of nitrogens with two attached hydrogens (primary N) is 1. The molecule has 0 unspecified atom stereocenters. The van der Waals surface area contributed by atoms with Gasteiger partial charge in [-0.05, 0) is 24.1 Å². The lowest BCUT2D eigenvalue weighted by molar-refractivity contribution is -0.136. The molecule has 84 valence electrons. The van der Waals surface area contributed by atoms with E-state index in [9.17, 15) is 0 Å². The van der Waals surface area contributed by atoms with Crippen molar-refractivity contribution in [2.45, 2.75) is 13.5 Å². The smallest absolute Gasteiger partial charge is 0.0575 e. The summed E-state index contributed by atoms with van der Waals surface area (Å²) in [4.78, 5) is 5.19. The Hall–Kier alpha value is -0.610. The number of hydrogen-bond donors (Lipinski definition) is 1. The first-order chi connectivity index (χ1) is 7.17. The highest BCUT2D eigenvalue weighted by Gasteiger charge is 2.04. The van der Waals surface area contributed by atoms with Crippen molar-refractivity contribution >= 4 is 11.6 Å². The molecule has 0 heterocycles. The molecular weight excluding hydrogens is 212 g/mol. The molecule has 0 aliphatic rings. The molecule has 1 aromatic carbocycles. The van der Waals surface area contributed by atoms with Gasteiger partial charge in [-0.2, -0.15) is 5.06 Å².